The third kappa shape index (κ3) is 1.02. The molecule has 0 radical (unpaired) electrons. The van der Waals surface area contributed by atoms with Gasteiger partial charge in [-0.2, -0.15) is 5.26 Å². The Hall–Kier alpha value is -0.630. The van der Waals surface area contributed by atoms with Crippen molar-refractivity contribution in [2.75, 3.05) is 20.3 Å². The maximum atomic E-state index is 8.72. The summed E-state index contributed by atoms with van der Waals surface area (Å²) in [5, 5.41) is 8.72. The summed E-state index contributed by atoms with van der Waals surface area (Å²) in [5.41, 5.74) is 0. The van der Waals surface area contributed by atoms with E-state index in [1.807, 2.05) is 0 Å². The van der Waals surface area contributed by atoms with Crippen molar-refractivity contribution in [1.29, 1.82) is 5.26 Å². The van der Waals surface area contributed by atoms with Crippen LogP contribution >= 0.6 is 0 Å². The van der Waals surface area contributed by atoms with Crippen LogP contribution in [0.15, 0.2) is 0 Å². The first-order valence-electron chi connectivity index (χ1n) is 4.02. The molecule has 0 spiro atoms. The Bertz CT molecular complexity index is 213. The monoisotopic (exact) mass is 169 g/mol. The summed E-state index contributed by atoms with van der Waals surface area (Å²) in [6.07, 6.45) is -0.0899. The van der Waals surface area contributed by atoms with Gasteiger partial charge in [0, 0.05) is 7.11 Å². The van der Waals surface area contributed by atoms with Gasteiger partial charge in [0.15, 0.2) is 0 Å². The molecule has 2 aliphatic rings. The van der Waals surface area contributed by atoms with Gasteiger partial charge in [0.1, 0.15) is 18.3 Å². The predicted molar refractivity (Wildman–Crippen MR) is 39.4 cm³/mol. The van der Waals surface area contributed by atoms with Crippen molar-refractivity contribution in [1.82, 2.24) is 0 Å². The number of hydrogen-bond donors (Lipinski definition) is 0. The molecular weight excluding hydrogens is 158 g/mol. The van der Waals surface area contributed by atoms with E-state index in [1.165, 1.54) is 0 Å². The molecule has 0 aromatic rings. The molecule has 0 N–H and O–H groups in total. The molecule has 0 amide bonds. The highest BCUT2D eigenvalue weighted by Gasteiger charge is 2.47. The summed E-state index contributed by atoms with van der Waals surface area (Å²) in [6, 6.07) is 2.17. The predicted octanol–water partition coefficient (Wildman–Crippen LogP) is -0.0612. The van der Waals surface area contributed by atoms with E-state index in [-0.39, 0.29) is 24.2 Å². The second-order valence-corrected chi connectivity index (χ2v) is 3.11. The van der Waals surface area contributed by atoms with Crippen molar-refractivity contribution >= 4 is 0 Å². The van der Waals surface area contributed by atoms with Gasteiger partial charge in [-0.1, -0.05) is 0 Å². The summed E-state index contributed by atoms with van der Waals surface area (Å²) in [5.74, 6) is -0.116. The Morgan fingerprint density at radius 1 is 1.33 bits per heavy atom. The van der Waals surface area contributed by atoms with Crippen LogP contribution in [0.2, 0.25) is 0 Å². The van der Waals surface area contributed by atoms with Gasteiger partial charge in [-0.3, -0.25) is 0 Å². The van der Waals surface area contributed by atoms with Crippen molar-refractivity contribution in [2.45, 2.75) is 18.3 Å². The van der Waals surface area contributed by atoms with Gasteiger partial charge in [0.2, 0.25) is 0 Å². The summed E-state index contributed by atoms with van der Waals surface area (Å²) in [6.45, 7) is 1.02. The first-order valence-corrected chi connectivity index (χ1v) is 4.02. The Labute approximate surface area is 71.0 Å². The summed E-state index contributed by atoms with van der Waals surface area (Å²) in [7, 11) is 1.64. The van der Waals surface area contributed by atoms with Crippen LogP contribution in [0.3, 0.4) is 0 Å². The van der Waals surface area contributed by atoms with E-state index in [0.29, 0.717) is 13.2 Å². The highest BCUT2D eigenvalue weighted by Crippen LogP contribution is 2.31. The number of methoxy groups -OCH3 is 1. The molecule has 66 valence electrons. The van der Waals surface area contributed by atoms with Gasteiger partial charge in [-0.25, -0.2) is 0 Å². The van der Waals surface area contributed by atoms with Crippen molar-refractivity contribution < 1.29 is 14.2 Å². The largest absolute Gasteiger partial charge is 0.376 e. The van der Waals surface area contributed by atoms with Gasteiger partial charge in [0.05, 0.1) is 25.2 Å². The third-order valence-electron chi connectivity index (χ3n) is 2.48. The van der Waals surface area contributed by atoms with Crippen LogP contribution < -0.4 is 0 Å². The van der Waals surface area contributed by atoms with Crippen LogP contribution in [0, 0.1) is 17.2 Å². The molecule has 2 aliphatic heterocycles. The van der Waals surface area contributed by atoms with Crippen LogP contribution in [0.5, 0.6) is 0 Å². The maximum Gasteiger partial charge on any atom is 0.113 e. The van der Waals surface area contributed by atoms with Crippen LogP contribution in [-0.2, 0) is 14.2 Å². The van der Waals surface area contributed by atoms with Crippen LogP contribution in [-0.4, -0.2) is 38.6 Å². The minimum Gasteiger partial charge on any atom is -0.376 e. The molecule has 2 fully saturated rings. The van der Waals surface area contributed by atoms with Crippen LogP contribution in [0.25, 0.3) is 0 Å². The Morgan fingerprint density at radius 2 is 2.08 bits per heavy atom. The number of hydrogen-bond acceptors (Lipinski definition) is 4. The molecular formula is C8H11NO3. The molecule has 4 nitrogen and oxygen atoms in total. The number of nitriles is 1. The molecule has 0 aliphatic carbocycles. The zero-order valence-electron chi connectivity index (χ0n) is 6.90. The zero-order valence-corrected chi connectivity index (χ0v) is 6.90. The smallest absolute Gasteiger partial charge is 0.113 e. The lowest BCUT2D eigenvalue weighted by Gasteiger charge is -2.12. The van der Waals surface area contributed by atoms with Gasteiger partial charge < -0.3 is 14.2 Å². The van der Waals surface area contributed by atoms with Gasteiger partial charge in [-0.15, -0.1) is 0 Å². The minimum atomic E-state index is -0.116. The average molecular weight is 169 g/mol. The molecule has 4 heteroatoms. The van der Waals surface area contributed by atoms with Crippen molar-refractivity contribution in [3.63, 3.8) is 0 Å². The molecule has 12 heavy (non-hydrogen) atoms. The van der Waals surface area contributed by atoms with E-state index < -0.39 is 0 Å². The SMILES string of the molecule is CO[C@@H]1COC2[C@H](C#N)CO[C@@H]21. The maximum absolute atomic E-state index is 8.72. The fourth-order valence-electron chi connectivity index (χ4n) is 1.78. The van der Waals surface area contributed by atoms with E-state index in [0.717, 1.165) is 0 Å². The second kappa shape index (κ2) is 3.02. The number of rotatable bonds is 1. The Morgan fingerprint density at radius 3 is 2.75 bits per heavy atom. The molecule has 1 unspecified atom stereocenters. The van der Waals surface area contributed by atoms with Crippen molar-refractivity contribution in [3.8, 4) is 6.07 Å². The molecule has 2 saturated heterocycles. The van der Waals surface area contributed by atoms with E-state index in [9.17, 15) is 0 Å². The molecule has 2 rings (SSSR count). The quantitative estimate of drug-likeness (QED) is 0.551. The molecule has 0 aromatic heterocycles. The Balaban J connectivity index is 2.07. The second-order valence-electron chi connectivity index (χ2n) is 3.11. The Kier molecular flexibility index (Phi) is 2.01. The lowest BCUT2D eigenvalue weighted by molar-refractivity contribution is -0.00819. The number of fused-ring (bicyclic) bond motifs is 1. The minimum absolute atomic E-state index is 0.00773. The van der Waals surface area contributed by atoms with Crippen LogP contribution in [0.4, 0.5) is 0 Å². The third-order valence-corrected chi connectivity index (χ3v) is 2.48. The van der Waals surface area contributed by atoms with Crippen molar-refractivity contribution in [2.24, 2.45) is 5.92 Å². The van der Waals surface area contributed by atoms with Gasteiger partial charge in [-0.05, 0) is 0 Å². The molecule has 0 saturated carbocycles. The standard InChI is InChI=1S/C8H11NO3/c1-10-6-4-12-7-5(2-9)3-11-8(6)7/h5-8H,3-4H2,1H3/t5-,6-,7?,8-/m1/s1. The summed E-state index contributed by atoms with van der Waals surface area (Å²) < 4.78 is 16.0. The summed E-state index contributed by atoms with van der Waals surface area (Å²) in [4.78, 5) is 0. The fraction of sp³-hybridized carbons (Fsp3) is 0.875. The van der Waals surface area contributed by atoms with E-state index >= 15 is 0 Å². The zero-order chi connectivity index (χ0) is 8.55. The lowest BCUT2D eigenvalue weighted by atomic mass is 10.0. The lowest BCUT2D eigenvalue weighted by Crippen LogP contribution is -2.30. The number of nitrogens with zero attached hydrogens (tertiary/aromatic N) is 1. The molecule has 0 aromatic carbocycles. The highest BCUT2D eigenvalue weighted by atomic mass is 16.6. The van der Waals surface area contributed by atoms with E-state index in [4.69, 9.17) is 19.5 Å². The molecule has 4 atom stereocenters. The van der Waals surface area contributed by atoms with Crippen molar-refractivity contribution in [3.05, 3.63) is 0 Å². The summed E-state index contributed by atoms with van der Waals surface area (Å²) >= 11 is 0. The first-order chi connectivity index (χ1) is 5.86. The molecule has 2 heterocycles. The van der Waals surface area contributed by atoms with Gasteiger partial charge in [0.25, 0.3) is 0 Å². The molecule has 0 bridgehead atoms. The average Bonchev–Trinajstić information content (AvgIpc) is 2.62. The fourth-order valence-corrected chi connectivity index (χ4v) is 1.78. The number of ether oxygens (including phenoxy) is 3. The first kappa shape index (κ1) is 7.99. The topological polar surface area (TPSA) is 51.5 Å². The highest BCUT2D eigenvalue weighted by molar-refractivity contribution is 5.02. The van der Waals surface area contributed by atoms with E-state index in [1.54, 1.807) is 7.11 Å². The van der Waals surface area contributed by atoms with Crippen LogP contribution in [0.1, 0.15) is 0 Å². The van der Waals surface area contributed by atoms with E-state index in [2.05, 4.69) is 6.07 Å². The van der Waals surface area contributed by atoms with Gasteiger partial charge >= 0.3 is 0 Å². The normalized spacial score (nSPS) is 45.7.